The highest BCUT2D eigenvalue weighted by atomic mass is 35.5. The minimum absolute atomic E-state index is 0.110. The van der Waals surface area contributed by atoms with Gasteiger partial charge in [-0.3, -0.25) is 9.59 Å². The Balaban J connectivity index is 1.52. The maximum absolute atomic E-state index is 14.1. The average Bonchev–Trinajstić information content (AvgIpc) is 3.19. The first-order valence-electron chi connectivity index (χ1n) is 10.5. The molecule has 0 spiro atoms. The number of methoxy groups -OCH3 is 1. The molecule has 1 heterocycles. The fraction of sp³-hybridized carbons (Fsp3) is 0.154. The normalized spacial score (nSPS) is 10.9. The van der Waals surface area contributed by atoms with Crippen LogP contribution < -0.4 is 15.4 Å². The highest BCUT2D eigenvalue weighted by molar-refractivity contribution is 6.30. The summed E-state index contributed by atoms with van der Waals surface area (Å²) in [5.74, 6) is -1.32. The molecule has 4 aromatic rings. The number of fused-ring (bicyclic) bond motifs is 1. The number of furan rings is 1. The Kier molecular flexibility index (Phi) is 6.56. The summed E-state index contributed by atoms with van der Waals surface area (Å²) in [5.41, 5.74) is 4.25. The Morgan fingerprint density at radius 2 is 1.85 bits per heavy atom. The number of ether oxygens (including phenoxy) is 1. The van der Waals surface area contributed by atoms with Gasteiger partial charge in [0.1, 0.15) is 17.1 Å². The van der Waals surface area contributed by atoms with Gasteiger partial charge in [0.2, 0.25) is 5.91 Å². The van der Waals surface area contributed by atoms with Gasteiger partial charge in [0.15, 0.2) is 0 Å². The van der Waals surface area contributed by atoms with Gasteiger partial charge in [-0.1, -0.05) is 23.7 Å². The van der Waals surface area contributed by atoms with Gasteiger partial charge in [0, 0.05) is 21.7 Å². The smallest absolute Gasteiger partial charge is 0.258 e. The number of anilines is 2. The van der Waals surface area contributed by atoms with E-state index in [1.165, 1.54) is 19.2 Å². The summed E-state index contributed by atoms with van der Waals surface area (Å²) in [5, 5.41) is 6.52. The molecule has 0 aliphatic rings. The van der Waals surface area contributed by atoms with Gasteiger partial charge in [0.25, 0.3) is 5.91 Å². The average molecular weight is 481 g/mol. The van der Waals surface area contributed by atoms with E-state index in [0.717, 1.165) is 33.7 Å². The van der Waals surface area contributed by atoms with Crippen molar-refractivity contribution in [2.75, 3.05) is 17.7 Å². The van der Waals surface area contributed by atoms with Crippen molar-refractivity contribution in [2.24, 2.45) is 0 Å². The number of carbonyl (C=O) groups excluding carboxylic acids is 2. The van der Waals surface area contributed by atoms with Gasteiger partial charge >= 0.3 is 0 Å². The number of amides is 2. The molecule has 2 amide bonds. The van der Waals surface area contributed by atoms with E-state index in [1.54, 1.807) is 24.5 Å². The number of aryl methyl sites for hydroxylation is 2. The van der Waals surface area contributed by atoms with Crippen LogP contribution in [0.4, 0.5) is 15.8 Å². The van der Waals surface area contributed by atoms with Crippen LogP contribution in [0.15, 0.2) is 59.2 Å². The van der Waals surface area contributed by atoms with E-state index in [0.29, 0.717) is 11.4 Å². The molecule has 4 rings (SSSR count). The maximum atomic E-state index is 14.1. The molecular weight excluding hydrogens is 459 g/mol. The summed E-state index contributed by atoms with van der Waals surface area (Å²) in [6.07, 6.45) is 1.70. The van der Waals surface area contributed by atoms with E-state index in [-0.39, 0.29) is 28.6 Å². The molecule has 174 valence electrons. The van der Waals surface area contributed by atoms with Crippen LogP contribution in [-0.4, -0.2) is 18.9 Å². The van der Waals surface area contributed by atoms with Crippen LogP contribution in [-0.2, 0) is 11.2 Å². The third-order valence-corrected chi connectivity index (χ3v) is 5.84. The van der Waals surface area contributed by atoms with E-state index in [4.69, 9.17) is 20.8 Å². The van der Waals surface area contributed by atoms with Crippen molar-refractivity contribution in [3.8, 4) is 5.75 Å². The number of carbonyl (C=O) groups is 2. The zero-order valence-corrected chi connectivity index (χ0v) is 19.5. The van der Waals surface area contributed by atoms with Gasteiger partial charge in [-0.15, -0.1) is 0 Å². The number of rotatable bonds is 6. The molecule has 0 unspecified atom stereocenters. The van der Waals surface area contributed by atoms with Crippen LogP contribution in [0.5, 0.6) is 5.75 Å². The molecule has 1 aromatic heterocycles. The van der Waals surface area contributed by atoms with E-state index in [9.17, 15) is 14.0 Å². The van der Waals surface area contributed by atoms with E-state index >= 15 is 0 Å². The van der Waals surface area contributed by atoms with Crippen molar-refractivity contribution in [1.82, 2.24) is 0 Å². The first-order valence-corrected chi connectivity index (χ1v) is 10.8. The topological polar surface area (TPSA) is 80.6 Å². The number of hydrogen-bond donors (Lipinski definition) is 2. The molecule has 6 nitrogen and oxygen atoms in total. The molecule has 0 radical (unpaired) electrons. The van der Waals surface area contributed by atoms with Crippen LogP contribution >= 0.6 is 11.6 Å². The Morgan fingerprint density at radius 1 is 1.06 bits per heavy atom. The van der Waals surface area contributed by atoms with Crippen molar-refractivity contribution in [3.63, 3.8) is 0 Å². The van der Waals surface area contributed by atoms with Gasteiger partial charge in [0.05, 0.1) is 31.0 Å². The van der Waals surface area contributed by atoms with Crippen LogP contribution in [0.25, 0.3) is 11.0 Å². The van der Waals surface area contributed by atoms with Crippen LogP contribution in [0, 0.1) is 19.7 Å². The summed E-state index contributed by atoms with van der Waals surface area (Å²) in [6.45, 7) is 3.99. The summed E-state index contributed by atoms with van der Waals surface area (Å²) in [4.78, 5) is 25.3. The van der Waals surface area contributed by atoms with Crippen molar-refractivity contribution < 1.29 is 23.1 Å². The number of halogens is 2. The fourth-order valence-electron chi connectivity index (χ4n) is 3.65. The second kappa shape index (κ2) is 9.57. The number of benzene rings is 3. The van der Waals surface area contributed by atoms with E-state index in [1.807, 2.05) is 26.0 Å². The summed E-state index contributed by atoms with van der Waals surface area (Å²) >= 11 is 5.76. The molecule has 0 fully saturated rings. The van der Waals surface area contributed by atoms with Gasteiger partial charge in [-0.05, 0) is 61.4 Å². The van der Waals surface area contributed by atoms with Crippen molar-refractivity contribution >= 4 is 45.8 Å². The zero-order valence-electron chi connectivity index (χ0n) is 18.8. The molecule has 0 bridgehead atoms. The highest BCUT2D eigenvalue weighted by Gasteiger charge is 2.17. The largest absolute Gasteiger partial charge is 0.495 e. The van der Waals surface area contributed by atoms with Crippen molar-refractivity contribution in [2.45, 2.75) is 20.3 Å². The third-order valence-electron chi connectivity index (χ3n) is 5.60. The molecule has 3 aromatic carbocycles. The van der Waals surface area contributed by atoms with Gasteiger partial charge in [-0.25, -0.2) is 4.39 Å². The Labute approximate surface area is 200 Å². The lowest BCUT2D eigenvalue weighted by molar-refractivity contribution is -0.115. The fourth-order valence-corrected chi connectivity index (χ4v) is 3.81. The van der Waals surface area contributed by atoms with E-state index < -0.39 is 11.7 Å². The lowest BCUT2D eigenvalue weighted by Gasteiger charge is -2.13. The zero-order chi connectivity index (χ0) is 24.4. The summed E-state index contributed by atoms with van der Waals surface area (Å²) in [7, 11) is 1.44. The van der Waals surface area contributed by atoms with Crippen molar-refractivity contribution in [1.29, 1.82) is 0 Å². The van der Waals surface area contributed by atoms with Crippen LogP contribution in [0.2, 0.25) is 5.02 Å². The molecule has 34 heavy (non-hydrogen) atoms. The quantitative estimate of drug-likeness (QED) is 0.340. The molecule has 0 saturated carbocycles. The Hall–Kier alpha value is -3.84. The van der Waals surface area contributed by atoms with E-state index in [2.05, 4.69) is 10.6 Å². The molecular formula is C26H22ClFN2O4. The predicted molar refractivity (Wildman–Crippen MR) is 130 cm³/mol. The molecule has 0 aliphatic carbocycles. The Bertz CT molecular complexity index is 1410. The van der Waals surface area contributed by atoms with Gasteiger partial charge < -0.3 is 19.8 Å². The minimum Gasteiger partial charge on any atom is -0.495 e. The van der Waals surface area contributed by atoms with Crippen molar-refractivity contribution in [3.05, 3.63) is 87.9 Å². The molecule has 2 N–H and O–H groups in total. The standard InChI is InChI=1S/C26H22ClFN2O4/c1-14-4-7-19-16(13-34-25(19)15(14)2)10-24(31)29-18-6-9-23(33-3)22(12-18)30-26(32)20-8-5-17(27)11-21(20)28/h4-9,11-13H,10H2,1-3H3,(H,29,31)(H,30,32). The molecule has 0 atom stereocenters. The minimum atomic E-state index is -0.744. The van der Waals surface area contributed by atoms with Gasteiger partial charge in [-0.2, -0.15) is 0 Å². The second-order valence-corrected chi connectivity index (χ2v) is 8.30. The number of nitrogens with one attached hydrogen (secondary N) is 2. The summed E-state index contributed by atoms with van der Waals surface area (Å²) in [6, 6.07) is 12.5. The van der Waals surface area contributed by atoms with Crippen LogP contribution in [0.1, 0.15) is 27.0 Å². The number of hydrogen-bond acceptors (Lipinski definition) is 4. The first kappa shape index (κ1) is 23.3. The third kappa shape index (κ3) is 4.75. The monoisotopic (exact) mass is 480 g/mol. The Morgan fingerprint density at radius 3 is 2.59 bits per heavy atom. The lowest BCUT2D eigenvalue weighted by Crippen LogP contribution is -2.16. The molecule has 0 aliphatic heterocycles. The SMILES string of the molecule is COc1ccc(NC(=O)Cc2coc3c(C)c(C)ccc23)cc1NC(=O)c1ccc(Cl)cc1F. The predicted octanol–water partition coefficient (Wildman–Crippen LogP) is 6.28. The molecule has 8 heteroatoms. The highest BCUT2D eigenvalue weighted by Crippen LogP contribution is 2.30. The second-order valence-electron chi connectivity index (χ2n) is 7.86. The lowest BCUT2D eigenvalue weighted by atomic mass is 10.0. The van der Waals surface area contributed by atoms with Crippen LogP contribution in [0.3, 0.4) is 0 Å². The maximum Gasteiger partial charge on any atom is 0.258 e. The molecule has 0 saturated heterocycles. The first-order chi connectivity index (χ1) is 16.3. The summed E-state index contributed by atoms with van der Waals surface area (Å²) < 4.78 is 25.1.